The summed E-state index contributed by atoms with van der Waals surface area (Å²) in [4.78, 5) is 28.3. The predicted molar refractivity (Wildman–Crippen MR) is 51.3 cm³/mol. The minimum atomic E-state index is -1.13. The van der Waals surface area contributed by atoms with Crippen molar-refractivity contribution in [2.45, 2.75) is 6.42 Å². The van der Waals surface area contributed by atoms with Gasteiger partial charge in [-0.3, -0.25) is 4.79 Å². The summed E-state index contributed by atoms with van der Waals surface area (Å²) in [6, 6.07) is 0. The number of rotatable bonds is 5. The molecule has 15 heavy (non-hydrogen) atoms. The lowest BCUT2D eigenvalue weighted by molar-refractivity contribution is -0.117. The second kappa shape index (κ2) is 4.89. The molecule has 0 radical (unpaired) electrons. The smallest absolute Gasteiger partial charge is 0.356 e. The van der Waals surface area contributed by atoms with Crippen LogP contribution in [0, 0.1) is 0 Å². The highest BCUT2D eigenvalue weighted by molar-refractivity contribution is 5.84. The summed E-state index contributed by atoms with van der Waals surface area (Å²) in [5, 5.41) is 11.3. The molecule has 0 fully saturated rings. The summed E-state index contributed by atoms with van der Waals surface area (Å²) in [5.74, 6) is -1.15. The lowest BCUT2D eigenvalue weighted by Gasteiger charge is -2.02. The first-order valence-corrected chi connectivity index (χ1v) is 4.17. The van der Waals surface area contributed by atoms with Gasteiger partial charge in [-0.1, -0.05) is 0 Å². The molecule has 0 saturated heterocycles. The highest BCUT2D eigenvalue weighted by Crippen LogP contribution is 2.00. The van der Waals surface area contributed by atoms with Crippen LogP contribution in [-0.4, -0.2) is 33.5 Å². The second-order valence-electron chi connectivity index (χ2n) is 2.74. The van der Waals surface area contributed by atoms with Gasteiger partial charge in [-0.05, 0) is 0 Å². The van der Waals surface area contributed by atoms with Crippen molar-refractivity contribution in [2.75, 3.05) is 11.9 Å². The molecule has 0 aliphatic rings. The molecule has 0 aromatic carbocycles. The van der Waals surface area contributed by atoms with E-state index in [1.807, 2.05) is 0 Å². The Labute approximate surface area is 85.3 Å². The molecular formula is C8H10N4O3. The molecule has 7 heteroatoms. The van der Waals surface area contributed by atoms with Crippen molar-refractivity contribution in [3.05, 3.63) is 18.1 Å². The van der Waals surface area contributed by atoms with Gasteiger partial charge in [0.25, 0.3) is 0 Å². The fraction of sp³-hybridized carbons (Fsp3) is 0.250. The van der Waals surface area contributed by atoms with Gasteiger partial charge >= 0.3 is 5.97 Å². The molecule has 0 unspecified atom stereocenters. The first kappa shape index (κ1) is 10.9. The van der Waals surface area contributed by atoms with E-state index in [1.54, 1.807) is 0 Å². The van der Waals surface area contributed by atoms with Crippen LogP contribution in [0.15, 0.2) is 12.4 Å². The molecule has 0 aliphatic heterocycles. The van der Waals surface area contributed by atoms with E-state index in [2.05, 4.69) is 15.3 Å². The molecule has 0 saturated carbocycles. The van der Waals surface area contributed by atoms with E-state index >= 15 is 0 Å². The van der Waals surface area contributed by atoms with Gasteiger partial charge in [-0.25, -0.2) is 14.8 Å². The highest BCUT2D eigenvalue weighted by atomic mass is 16.4. The minimum Gasteiger partial charge on any atom is -0.476 e. The monoisotopic (exact) mass is 210 g/mol. The minimum absolute atomic E-state index is 0.129. The molecule has 0 bridgehead atoms. The van der Waals surface area contributed by atoms with E-state index in [0.717, 1.165) is 6.20 Å². The number of hydrogen-bond acceptors (Lipinski definition) is 5. The second-order valence-corrected chi connectivity index (χ2v) is 2.74. The average Bonchev–Trinajstić information content (AvgIpc) is 2.18. The Morgan fingerprint density at radius 2 is 2.13 bits per heavy atom. The summed E-state index contributed by atoms with van der Waals surface area (Å²) >= 11 is 0. The standard InChI is InChI=1S/C8H10N4O3/c9-6(13)1-2-10-7-4-11-5(3-12-7)8(14)15/h3-4H,1-2H2,(H2,9,13)(H,10,12)(H,14,15). The Bertz CT molecular complexity index is 363. The number of carbonyl (C=O) groups excluding carboxylic acids is 1. The van der Waals surface area contributed by atoms with Crippen LogP contribution in [0.4, 0.5) is 5.82 Å². The van der Waals surface area contributed by atoms with Gasteiger partial charge in [0.05, 0.1) is 12.4 Å². The molecule has 0 aliphatic carbocycles. The number of aromatic carboxylic acids is 1. The predicted octanol–water partition coefficient (Wildman–Crippen LogP) is -0.538. The number of nitrogens with one attached hydrogen (secondary N) is 1. The van der Waals surface area contributed by atoms with Crippen molar-refractivity contribution in [1.29, 1.82) is 0 Å². The van der Waals surface area contributed by atoms with Gasteiger partial charge < -0.3 is 16.2 Å². The van der Waals surface area contributed by atoms with Crippen LogP contribution in [0.1, 0.15) is 16.9 Å². The molecule has 1 rings (SSSR count). The van der Waals surface area contributed by atoms with E-state index in [9.17, 15) is 9.59 Å². The molecular weight excluding hydrogens is 200 g/mol. The maximum Gasteiger partial charge on any atom is 0.356 e. The van der Waals surface area contributed by atoms with Gasteiger partial charge in [-0.15, -0.1) is 0 Å². The van der Waals surface area contributed by atoms with Crippen LogP contribution in [-0.2, 0) is 4.79 Å². The molecule has 4 N–H and O–H groups in total. The van der Waals surface area contributed by atoms with Crippen LogP contribution in [0.3, 0.4) is 0 Å². The van der Waals surface area contributed by atoms with Crippen molar-refractivity contribution in [2.24, 2.45) is 5.73 Å². The fourth-order valence-corrected chi connectivity index (χ4v) is 0.844. The zero-order chi connectivity index (χ0) is 11.3. The number of carbonyl (C=O) groups is 2. The number of amides is 1. The third-order valence-electron chi connectivity index (χ3n) is 1.55. The Balaban J connectivity index is 2.50. The molecule has 1 aromatic heterocycles. The molecule has 1 heterocycles. The Morgan fingerprint density at radius 1 is 1.40 bits per heavy atom. The first-order valence-electron chi connectivity index (χ1n) is 4.17. The number of nitrogens with zero attached hydrogens (tertiary/aromatic N) is 2. The van der Waals surface area contributed by atoms with Crippen molar-refractivity contribution >= 4 is 17.7 Å². The molecule has 1 aromatic rings. The van der Waals surface area contributed by atoms with Crippen molar-refractivity contribution < 1.29 is 14.7 Å². The van der Waals surface area contributed by atoms with Crippen LogP contribution >= 0.6 is 0 Å². The van der Waals surface area contributed by atoms with Crippen molar-refractivity contribution in [1.82, 2.24) is 9.97 Å². The topological polar surface area (TPSA) is 118 Å². The number of carboxylic acids is 1. The molecule has 1 amide bonds. The van der Waals surface area contributed by atoms with Crippen LogP contribution in [0.25, 0.3) is 0 Å². The Kier molecular flexibility index (Phi) is 3.55. The van der Waals surface area contributed by atoms with E-state index in [0.29, 0.717) is 12.4 Å². The van der Waals surface area contributed by atoms with Gasteiger partial charge in [0.2, 0.25) is 5.91 Å². The number of carboxylic acid groups (broad SMARTS) is 1. The van der Waals surface area contributed by atoms with Gasteiger partial charge in [0.1, 0.15) is 5.82 Å². The van der Waals surface area contributed by atoms with E-state index in [4.69, 9.17) is 10.8 Å². The number of hydrogen-bond donors (Lipinski definition) is 3. The van der Waals surface area contributed by atoms with Crippen LogP contribution in [0.5, 0.6) is 0 Å². The van der Waals surface area contributed by atoms with Gasteiger partial charge in [0.15, 0.2) is 5.69 Å². The van der Waals surface area contributed by atoms with E-state index < -0.39 is 11.9 Å². The van der Waals surface area contributed by atoms with Crippen molar-refractivity contribution in [3.8, 4) is 0 Å². The molecule has 0 spiro atoms. The number of aromatic nitrogens is 2. The van der Waals surface area contributed by atoms with Gasteiger partial charge in [0, 0.05) is 13.0 Å². The van der Waals surface area contributed by atoms with Crippen molar-refractivity contribution in [3.63, 3.8) is 0 Å². The quantitative estimate of drug-likeness (QED) is 0.600. The molecule has 0 atom stereocenters. The third kappa shape index (κ3) is 3.59. The first-order chi connectivity index (χ1) is 7.09. The van der Waals surface area contributed by atoms with E-state index in [1.165, 1.54) is 6.20 Å². The summed E-state index contributed by atoms with van der Waals surface area (Å²) < 4.78 is 0. The summed E-state index contributed by atoms with van der Waals surface area (Å²) in [6.07, 6.45) is 2.60. The normalized spacial score (nSPS) is 9.60. The lowest BCUT2D eigenvalue weighted by Crippen LogP contribution is -2.16. The summed E-state index contributed by atoms with van der Waals surface area (Å²) in [6.45, 7) is 0.344. The zero-order valence-electron chi connectivity index (χ0n) is 7.80. The maximum atomic E-state index is 10.4. The molecule has 7 nitrogen and oxygen atoms in total. The fourth-order valence-electron chi connectivity index (χ4n) is 0.844. The summed E-state index contributed by atoms with van der Waals surface area (Å²) in [7, 11) is 0. The lowest BCUT2D eigenvalue weighted by atomic mass is 10.4. The average molecular weight is 210 g/mol. The molecule has 80 valence electrons. The van der Waals surface area contributed by atoms with Gasteiger partial charge in [-0.2, -0.15) is 0 Å². The number of primary amides is 1. The number of nitrogens with two attached hydrogens (primary N) is 1. The number of anilines is 1. The SMILES string of the molecule is NC(=O)CCNc1cnc(C(=O)O)cn1. The Morgan fingerprint density at radius 3 is 2.60 bits per heavy atom. The highest BCUT2D eigenvalue weighted by Gasteiger charge is 2.04. The third-order valence-corrected chi connectivity index (χ3v) is 1.55. The maximum absolute atomic E-state index is 10.4. The summed E-state index contributed by atoms with van der Waals surface area (Å²) in [5.41, 5.74) is 4.80. The van der Waals surface area contributed by atoms with Crippen LogP contribution < -0.4 is 11.1 Å². The van der Waals surface area contributed by atoms with Crippen LogP contribution in [0.2, 0.25) is 0 Å². The van der Waals surface area contributed by atoms with E-state index in [-0.39, 0.29) is 12.1 Å². The zero-order valence-corrected chi connectivity index (χ0v) is 7.80. The largest absolute Gasteiger partial charge is 0.476 e. The Hall–Kier alpha value is -2.18.